The van der Waals surface area contributed by atoms with Crippen molar-refractivity contribution in [2.45, 2.75) is 39.3 Å². The molecule has 5 nitrogen and oxygen atoms in total. The molecule has 0 radical (unpaired) electrons. The summed E-state index contributed by atoms with van der Waals surface area (Å²) in [5.41, 5.74) is 7.24. The zero-order valence-corrected chi connectivity index (χ0v) is 14.9. The van der Waals surface area contributed by atoms with E-state index < -0.39 is 5.60 Å². The minimum Gasteiger partial charge on any atom is -0.444 e. The lowest BCUT2D eigenvalue weighted by molar-refractivity contribution is 0.0257. The molecule has 1 saturated heterocycles. The van der Waals surface area contributed by atoms with Crippen molar-refractivity contribution < 1.29 is 9.53 Å². The molecule has 1 aromatic carbocycles. The van der Waals surface area contributed by atoms with Crippen molar-refractivity contribution in [1.82, 2.24) is 9.80 Å². The molecule has 2 N–H and O–H groups in total. The molecule has 0 atom stereocenters. The van der Waals surface area contributed by atoms with E-state index in [0.717, 1.165) is 25.1 Å². The summed E-state index contributed by atoms with van der Waals surface area (Å²) in [6.45, 7) is 9.41. The van der Waals surface area contributed by atoms with Crippen LogP contribution < -0.4 is 5.73 Å². The molecule has 1 aliphatic heterocycles. The predicted molar refractivity (Wildman–Crippen MR) is 93.6 cm³/mol. The quantitative estimate of drug-likeness (QED) is 0.839. The number of rotatable bonds is 2. The molecule has 0 bridgehead atoms. The lowest BCUT2D eigenvalue weighted by atomic mass is 10.1. The van der Waals surface area contributed by atoms with Crippen molar-refractivity contribution in [2.75, 3.05) is 31.9 Å². The summed E-state index contributed by atoms with van der Waals surface area (Å²) in [6, 6.07) is 5.58. The Bertz CT molecular complexity index is 537. The van der Waals surface area contributed by atoms with E-state index >= 15 is 0 Å². The highest BCUT2D eigenvalue weighted by Crippen LogP contribution is 2.24. The van der Waals surface area contributed by atoms with Crippen LogP contribution in [-0.2, 0) is 11.3 Å². The Balaban J connectivity index is 1.95. The maximum Gasteiger partial charge on any atom is 0.410 e. The largest absolute Gasteiger partial charge is 0.444 e. The lowest BCUT2D eigenvalue weighted by Crippen LogP contribution is -2.39. The first-order valence-corrected chi connectivity index (χ1v) is 8.37. The van der Waals surface area contributed by atoms with Gasteiger partial charge in [-0.3, -0.25) is 4.90 Å². The SMILES string of the molecule is CC(C)(C)OC(=O)N1CCCN(Cc2c(N)cccc2Cl)CC1. The van der Waals surface area contributed by atoms with Gasteiger partial charge in [0, 0.05) is 49.0 Å². The minimum atomic E-state index is -0.463. The average molecular weight is 340 g/mol. The van der Waals surface area contributed by atoms with Gasteiger partial charge >= 0.3 is 6.09 Å². The van der Waals surface area contributed by atoms with Gasteiger partial charge in [-0.25, -0.2) is 4.79 Å². The average Bonchev–Trinajstić information content (AvgIpc) is 2.67. The summed E-state index contributed by atoms with van der Waals surface area (Å²) in [5.74, 6) is 0. The van der Waals surface area contributed by atoms with E-state index in [0.29, 0.717) is 30.3 Å². The van der Waals surface area contributed by atoms with Gasteiger partial charge in [0.2, 0.25) is 0 Å². The highest BCUT2D eigenvalue weighted by atomic mass is 35.5. The van der Waals surface area contributed by atoms with Crippen LogP contribution in [0.25, 0.3) is 0 Å². The van der Waals surface area contributed by atoms with Crippen LogP contribution in [0.5, 0.6) is 0 Å². The predicted octanol–water partition coefficient (Wildman–Crippen LogP) is 3.37. The first-order valence-electron chi connectivity index (χ1n) is 7.99. The number of anilines is 1. The second-order valence-corrected chi connectivity index (χ2v) is 7.31. The van der Waals surface area contributed by atoms with Crippen LogP contribution in [0, 0.1) is 0 Å². The number of nitrogen functional groups attached to an aromatic ring is 1. The van der Waals surface area contributed by atoms with Gasteiger partial charge in [0.1, 0.15) is 5.60 Å². The number of ether oxygens (including phenoxy) is 1. The molecule has 1 aliphatic rings. The zero-order valence-electron chi connectivity index (χ0n) is 14.1. The normalized spacial score (nSPS) is 17.0. The first-order chi connectivity index (χ1) is 10.8. The highest BCUT2D eigenvalue weighted by molar-refractivity contribution is 6.31. The number of carbonyl (C=O) groups excluding carboxylic acids is 1. The van der Waals surface area contributed by atoms with Gasteiger partial charge in [-0.1, -0.05) is 17.7 Å². The monoisotopic (exact) mass is 339 g/mol. The van der Waals surface area contributed by atoms with Crippen molar-refractivity contribution in [3.05, 3.63) is 28.8 Å². The maximum absolute atomic E-state index is 12.2. The Morgan fingerprint density at radius 1 is 1.26 bits per heavy atom. The van der Waals surface area contributed by atoms with Crippen LogP contribution in [0.3, 0.4) is 0 Å². The second kappa shape index (κ2) is 7.41. The van der Waals surface area contributed by atoms with E-state index in [4.69, 9.17) is 22.1 Å². The van der Waals surface area contributed by atoms with Crippen molar-refractivity contribution in [2.24, 2.45) is 0 Å². The van der Waals surface area contributed by atoms with Crippen molar-refractivity contribution >= 4 is 23.4 Å². The summed E-state index contributed by atoms with van der Waals surface area (Å²) < 4.78 is 5.45. The molecule has 0 spiro atoms. The molecule has 1 heterocycles. The van der Waals surface area contributed by atoms with Gasteiger partial charge in [0.25, 0.3) is 0 Å². The van der Waals surface area contributed by atoms with Gasteiger partial charge < -0.3 is 15.4 Å². The molecule has 1 aromatic rings. The fourth-order valence-electron chi connectivity index (χ4n) is 2.60. The molecule has 6 heteroatoms. The molecule has 0 saturated carbocycles. The van der Waals surface area contributed by atoms with Gasteiger partial charge in [-0.15, -0.1) is 0 Å². The third-order valence-electron chi connectivity index (χ3n) is 3.78. The molecule has 128 valence electrons. The van der Waals surface area contributed by atoms with E-state index in [9.17, 15) is 4.79 Å². The summed E-state index contributed by atoms with van der Waals surface area (Å²) in [6.07, 6.45) is 0.667. The number of benzene rings is 1. The Morgan fingerprint density at radius 3 is 2.65 bits per heavy atom. The molecule has 1 fully saturated rings. The molecule has 23 heavy (non-hydrogen) atoms. The second-order valence-electron chi connectivity index (χ2n) is 6.90. The van der Waals surface area contributed by atoms with Crippen LogP contribution in [-0.4, -0.2) is 47.7 Å². The molecule has 1 amide bonds. The van der Waals surface area contributed by atoms with Gasteiger partial charge in [-0.2, -0.15) is 0 Å². The molecule has 0 aliphatic carbocycles. The topological polar surface area (TPSA) is 58.8 Å². The molecule has 0 unspecified atom stereocenters. The van der Waals surface area contributed by atoms with Gasteiger partial charge in [0.15, 0.2) is 0 Å². The molecular formula is C17H26ClN3O2. The highest BCUT2D eigenvalue weighted by Gasteiger charge is 2.24. The van der Waals surface area contributed by atoms with Gasteiger partial charge in [-0.05, 0) is 39.3 Å². The molecular weight excluding hydrogens is 314 g/mol. The Hall–Kier alpha value is -1.46. The van der Waals surface area contributed by atoms with E-state index in [1.165, 1.54) is 0 Å². The summed E-state index contributed by atoms with van der Waals surface area (Å²) in [5, 5.41) is 0.693. The lowest BCUT2D eigenvalue weighted by Gasteiger charge is -2.26. The third kappa shape index (κ3) is 5.29. The van der Waals surface area contributed by atoms with Gasteiger partial charge in [0.05, 0.1) is 0 Å². The number of amides is 1. The van der Waals surface area contributed by atoms with Crippen LogP contribution in [0.4, 0.5) is 10.5 Å². The van der Waals surface area contributed by atoms with E-state index in [2.05, 4.69) is 4.90 Å². The number of carbonyl (C=O) groups is 1. The smallest absolute Gasteiger partial charge is 0.410 e. The Morgan fingerprint density at radius 2 is 2.00 bits per heavy atom. The standard InChI is InChI=1S/C17H26ClN3O2/c1-17(2,3)23-16(22)21-9-5-8-20(10-11-21)12-13-14(18)6-4-7-15(13)19/h4,6-7H,5,8-12,19H2,1-3H3. The van der Waals surface area contributed by atoms with Crippen molar-refractivity contribution in [1.29, 1.82) is 0 Å². The molecule has 2 rings (SSSR count). The van der Waals surface area contributed by atoms with E-state index in [-0.39, 0.29) is 6.09 Å². The number of halogens is 1. The van der Waals surface area contributed by atoms with E-state index in [1.807, 2.05) is 39.0 Å². The summed E-state index contributed by atoms with van der Waals surface area (Å²) >= 11 is 6.25. The number of nitrogens with two attached hydrogens (primary N) is 1. The Labute approximate surface area is 143 Å². The number of hydrogen-bond donors (Lipinski definition) is 1. The van der Waals surface area contributed by atoms with Crippen LogP contribution in [0.2, 0.25) is 5.02 Å². The fourth-order valence-corrected chi connectivity index (χ4v) is 2.85. The first kappa shape index (κ1) is 17.9. The van der Waals surface area contributed by atoms with E-state index in [1.54, 1.807) is 4.90 Å². The minimum absolute atomic E-state index is 0.239. The Kier molecular flexibility index (Phi) is 5.76. The van der Waals surface area contributed by atoms with Crippen molar-refractivity contribution in [3.63, 3.8) is 0 Å². The van der Waals surface area contributed by atoms with Crippen LogP contribution >= 0.6 is 11.6 Å². The number of hydrogen-bond acceptors (Lipinski definition) is 4. The zero-order chi connectivity index (χ0) is 17.0. The number of nitrogens with zero attached hydrogens (tertiary/aromatic N) is 2. The summed E-state index contributed by atoms with van der Waals surface area (Å²) in [7, 11) is 0. The third-order valence-corrected chi connectivity index (χ3v) is 4.13. The molecule has 0 aromatic heterocycles. The van der Waals surface area contributed by atoms with Crippen LogP contribution in [0.15, 0.2) is 18.2 Å². The van der Waals surface area contributed by atoms with Crippen molar-refractivity contribution in [3.8, 4) is 0 Å². The fraction of sp³-hybridized carbons (Fsp3) is 0.588. The summed E-state index contributed by atoms with van der Waals surface area (Å²) in [4.78, 5) is 16.2. The van der Waals surface area contributed by atoms with Crippen LogP contribution in [0.1, 0.15) is 32.8 Å². The maximum atomic E-state index is 12.2.